The van der Waals surface area contributed by atoms with E-state index >= 15 is 0 Å². The fraction of sp³-hybridized carbons (Fsp3) is 0.531. The van der Waals surface area contributed by atoms with Gasteiger partial charge in [0.15, 0.2) is 0 Å². The van der Waals surface area contributed by atoms with Crippen LogP contribution in [0.5, 0.6) is 5.75 Å². The number of nitrogens with zero attached hydrogens (tertiary/aromatic N) is 3. The van der Waals surface area contributed by atoms with Crippen LogP contribution in [-0.2, 0) is 17.1 Å². The Balaban J connectivity index is 1.44. The fourth-order valence-corrected chi connectivity index (χ4v) is 6.85. The van der Waals surface area contributed by atoms with Gasteiger partial charge in [0.1, 0.15) is 16.3 Å². The SMILES string of the molecule is CCCCCCCCCCCCCCCCOc1ccc(S(=O)(=O)N/N=c2\sc(-c3ccccc3Cl)nn2C)cc1C(=O)O. The van der Waals surface area contributed by atoms with E-state index in [1.54, 1.807) is 19.2 Å². The predicted molar refractivity (Wildman–Crippen MR) is 177 cm³/mol. The number of ether oxygens (including phenoxy) is 1. The summed E-state index contributed by atoms with van der Waals surface area (Å²) < 4.78 is 33.1. The molecular weight excluding hydrogens is 620 g/mol. The molecule has 1 heterocycles. The van der Waals surface area contributed by atoms with Crippen LogP contribution in [0.2, 0.25) is 5.02 Å². The molecule has 0 spiro atoms. The highest BCUT2D eigenvalue weighted by Gasteiger charge is 2.20. The Morgan fingerprint density at radius 3 is 2.14 bits per heavy atom. The molecule has 0 saturated heterocycles. The highest BCUT2D eigenvalue weighted by atomic mass is 35.5. The van der Waals surface area contributed by atoms with Crippen molar-refractivity contribution in [2.24, 2.45) is 12.1 Å². The monoisotopic (exact) mass is 664 g/mol. The van der Waals surface area contributed by atoms with Crippen LogP contribution in [-0.4, -0.2) is 35.9 Å². The van der Waals surface area contributed by atoms with Gasteiger partial charge in [-0.25, -0.2) is 9.48 Å². The molecular formula is C32H45ClN4O5S2. The van der Waals surface area contributed by atoms with Gasteiger partial charge in [0.05, 0.1) is 16.5 Å². The summed E-state index contributed by atoms with van der Waals surface area (Å²) in [6.45, 7) is 2.62. The Hall–Kier alpha value is -2.89. The molecule has 44 heavy (non-hydrogen) atoms. The Morgan fingerprint density at radius 1 is 0.955 bits per heavy atom. The first-order chi connectivity index (χ1) is 21.2. The molecule has 0 aliphatic heterocycles. The van der Waals surface area contributed by atoms with Crippen LogP contribution in [0, 0.1) is 0 Å². The van der Waals surface area contributed by atoms with E-state index in [1.165, 1.54) is 87.4 Å². The number of carboxylic acid groups (broad SMARTS) is 1. The van der Waals surface area contributed by atoms with Crippen molar-refractivity contribution >= 4 is 38.9 Å². The highest BCUT2D eigenvalue weighted by molar-refractivity contribution is 7.89. The minimum absolute atomic E-state index is 0.140. The van der Waals surface area contributed by atoms with E-state index in [9.17, 15) is 18.3 Å². The van der Waals surface area contributed by atoms with Crippen LogP contribution >= 0.6 is 22.9 Å². The zero-order valence-corrected chi connectivity index (χ0v) is 28.2. The van der Waals surface area contributed by atoms with E-state index in [1.807, 2.05) is 12.1 Å². The van der Waals surface area contributed by atoms with Gasteiger partial charge in [-0.3, -0.25) is 0 Å². The van der Waals surface area contributed by atoms with Crippen LogP contribution in [0.1, 0.15) is 107 Å². The second-order valence-electron chi connectivity index (χ2n) is 10.9. The van der Waals surface area contributed by atoms with Crippen molar-refractivity contribution in [3.8, 4) is 16.3 Å². The molecule has 0 aliphatic carbocycles. The number of rotatable bonds is 21. The number of aromatic nitrogens is 2. The third-order valence-electron chi connectivity index (χ3n) is 7.32. The van der Waals surface area contributed by atoms with Gasteiger partial charge in [-0.1, -0.05) is 132 Å². The molecule has 0 fully saturated rings. The molecule has 12 heteroatoms. The third-order valence-corrected chi connectivity index (χ3v) is 9.89. The predicted octanol–water partition coefficient (Wildman–Crippen LogP) is 8.15. The van der Waals surface area contributed by atoms with Gasteiger partial charge in [0.2, 0.25) is 4.80 Å². The molecule has 0 saturated carbocycles. The Kier molecular flexibility index (Phi) is 15.2. The quantitative estimate of drug-likeness (QED) is 0.0875. The number of aryl methyl sites for hydroxylation is 1. The maximum atomic E-state index is 13.0. The lowest BCUT2D eigenvalue weighted by Gasteiger charge is -2.11. The van der Waals surface area contributed by atoms with Crippen molar-refractivity contribution in [3.63, 3.8) is 0 Å². The standard InChI is InChI=1S/C32H45ClN4O5S2/c1-3-4-5-6-7-8-9-10-11-12-13-14-15-18-23-42-29-22-21-25(24-27(29)31(38)39)44(40,41)36-34-32-37(2)35-30(43-32)26-19-16-17-20-28(26)33/h16-17,19-22,24,36H,3-15,18,23H2,1-2H3,(H,38,39)/b34-32-. The van der Waals surface area contributed by atoms with E-state index in [4.69, 9.17) is 16.3 Å². The Bertz CT molecular complexity index is 1500. The number of benzene rings is 2. The van der Waals surface area contributed by atoms with Crippen molar-refractivity contribution in [2.45, 2.75) is 102 Å². The summed E-state index contributed by atoms with van der Waals surface area (Å²) in [5.74, 6) is -1.13. The lowest BCUT2D eigenvalue weighted by Crippen LogP contribution is -2.24. The molecule has 0 amide bonds. The number of hydrogen-bond acceptors (Lipinski definition) is 7. The summed E-state index contributed by atoms with van der Waals surface area (Å²) in [5, 5.41) is 19.2. The summed E-state index contributed by atoms with van der Waals surface area (Å²) in [4.78, 5) is 14.1. The second-order valence-corrected chi connectivity index (χ2v) is 13.9. The van der Waals surface area contributed by atoms with E-state index in [2.05, 4.69) is 22.0 Å². The summed E-state index contributed by atoms with van der Waals surface area (Å²) in [5.41, 5.74) is 0.484. The molecule has 2 N–H and O–H groups in total. The van der Waals surface area contributed by atoms with Crippen molar-refractivity contribution in [1.29, 1.82) is 0 Å². The second kappa shape index (κ2) is 18.8. The number of unbranched alkanes of at least 4 members (excludes halogenated alkanes) is 13. The molecule has 0 aliphatic rings. The van der Waals surface area contributed by atoms with Crippen LogP contribution in [0.4, 0.5) is 0 Å². The molecule has 2 aromatic carbocycles. The summed E-state index contributed by atoms with van der Waals surface area (Å²) in [7, 11) is -2.52. The summed E-state index contributed by atoms with van der Waals surface area (Å²) in [6, 6.07) is 11.0. The lowest BCUT2D eigenvalue weighted by molar-refractivity contribution is 0.0691. The van der Waals surface area contributed by atoms with Gasteiger partial charge in [-0.15, -0.1) is 5.10 Å². The average Bonchev–Trinajstić information content (AvgIpc) is 3.38. The van der Waals surface area contributed by atoms with Crippen molar-refractivity contribution in [2.75, 3.05) is 6.61 Å². The smallest absolute Gasteiger partial charge is 0.339 e. The topological polar surface area (TPSA) is 123 Å². The molecule has 9 nitrogen and oxygen atoms in total. The number of nitrogens with one attached hydrogen (secondary N) is 1. The molecule has 0 atom stereocenters. The first-order valence-electron chi connectivity index (χ1n) is 15.6. The van der Waals surface area contributed by atoms with E-state index < -0.39 is 16.0 Å². The minimum atomic E-state index is -4.16. The van der Waals surface area contributed by atoms with Crippen LogP contribution < -0.4 is 14.4 Å². The Morgan fingerprint density at radius 2 is 1.55 bits per heavy atom. The molecule has 0 radical (unpaired) electrons. The molecule has 3 rings (SSSR count). The first kappa shape index (κ1) is 35.6. The van der Waals surface area contributed by atoms with Crippen molar-refractivity contribution in [1.82, 2.24) is 14.6 Å². The number of aromatic carboxylic acids is 1. The third kappa shape index (κ3) is 11.6. The number of halogens is 1. The summed E-state index contributed by atoms with van der Waals surface area (Å²) >= 11 is 7.41. The first-order valence-corrected chi connectivity index (χ1v) is 18.3. The van der Waals surface area contributed by atoms with Crippen LogP contribution in [0.25, 0.3) is 10.6 Å². The van der Waals surface area contributed by atoms with E-state index in [0.29, 0.717) is 22.2 Å². The van der Waals surface area contributed by atoms with Crippen LogP contribution in [0.3, 0.4) is 0 Å². The fourth-order valence-electron chi connectivity index (χ4n) is 4.79. The van der Waals surface area contributed by atoms with E-state index in [-0.39, 0.29) is 21.0 Å². The molecule has 1 aromatic heterocycles. The molecule has 242 valence electrons. The van der Waals surface area contributed by atoms with Gasteiger partial charge in [0, 0.05) is 12.6 Å². The molecule has 0 unspecified atom stereocenters. The Labute approximate surface area is 270 Å². The maximum absolute atomic E-state index is 13.0. The van der Waals surface area contributed by atoms with Gasteiger partial charge < -0.3 is 9.84 Å². The minimum Gasteiger partial charge on any atom is -0.493 e. The van der Waals surface area contributed by atoms with E-state index in [0.717, 1.165) is 36.7 Å². The lowest BCUT2D eigenvalue weighted by atomic mass is 10.0. The number of hydrogen-bond donors (Lipinski definition) is 2. The normalized spacial score (nSPS) is 12.0. The van der Waals surface area contributed by atoms with Gasteiger partial charge in [-0.05, 0) is 30.7 Å². The van der Waals surface area contributed by atoms with Crippen LogP contribution in [0.15, 0.2) is 52.5 Å². The maximum Gasteiger partial charge on any atom is 0.339 e. The number of carboxylic acids is 1. The average molecular weight is 665 g/mol. The number of sulfonamides is 1. The molecule has 0 bridgehead atoms. The van der Waals surface area contributed by atoms with Gasteiger partial charge in [-0.2, -0.15) is 18.3 Å². The number of carbonyl (C=O) groups is 1. The van der Waals surface area contributed by atoms with Gasteiger partial charge in [0.25, 0.3) is 10.0 Å². The summed E-state index contributed by atoms with van der Waals surface area (Å²) in [6.07, 6.45) is 17.5. The zero-order chi connectivity index (χ0) is 31.8. The molecule has 3 aromatic rings. The zero-order valence-electron chi connectivity index (χ0n) is 25.8. The highest BCUT2D eigenvalue weighted by Crippen LogP contribution is 2.27. The van der Waals surface area contributed by atoms with Crippen molar-refractivity contribution < 1.29 is 23.1 Å². The largest absolute Gasteiger partial charge is 0.493 e. The van der Waals surface area contributed by atoms with Crippen molar-refractivity contribution in [3.05, 3.63) is 57.9 Å². The van der Waals surface area contributed by atoms with Gasteiger partial charge >= 0.3 is 5.97 Å².